The van der Waals surface area contributed by atoms with Crippen molar-refractivity contribution in [3.05, 3.63) is 63.4 Å². The van der Waals surface area contributed by atoms with Crippen LogP contribution in [0, 0.1) is 12.3 Å². The molecule has 7 nitrogen and oxygen atoms in total. The SMILES string of the molecule is C#CCOc1cccc(C2CC(c3csc(C4CCN(n5nc(C(F)F)cc5C(F)F)CC4)n3)=NO2)c1. The number of terminal acetylenes is 1. The first-order valence-electron chi connectivity index (χ1n) is 11.7. The quantitative estimate of drug-likeness (QED) is 0.278. The summed E-state index contributed by atoms with van der Waals surface area (Å²) in [5, 5.41) is 12.4. The van der Waals surface area contributed by atoms with Gasteiger partial charge in [-0.25, -0.2) is 22.5 Å². The van der Waals surface area contributed by atoms with Gasteiger partial charge in [0, 0.05) is 30.8 Å². The fourth-order valence-electron chi connectivity index (χ4n) is 4.44. The van der Waals surface area contributed by atoms with Crippen LogP contribution in [0.4, 0.5) is 17.6 Å². The molecule has 12 heteroatoms. The molecule has 194 valence electrons. The first-order chi connectivity index (χ1) is 17.9. The lowest BCUT2D eigenvalue weighted by atomic mass is 9.98. The van der Waals surface area contributed by atoms with Gasteiger partial charge in [0.25, 0.3) is 12.9 Å². The number of oxime groups is 1. The van der Waals surface area contributed by atoms with Crippen LogP contribution in [0.15, 0.2) is 40.9 Å². The van der Waals surface area contributed by atoms with Crippen molar-refractivity contribution >= 4 is 17.0 Å². The second kappa shape index (κ2) is 10.8. The molecule has 0 saturated carbocycles. The van der Waals surface area contributed by atoms with Gasteiger partial charge in [0.15, 0.2) is 6.10 Å². The molecule has 1 atom stereocenters. The molecule has 2 aliphatic heterocycles. The van der Waals surface area contributed by atoms with Crippen molar-refractivity contribution in [3.63, 3.8) is 0 Å². The monoisotopic (exact) mass is 533 g/mol. The van der Waals surface area contributed by atoms with E-state index in [0.717, 1.165) is 32.8 Å². The molecule has 0 aliphatic carbocycles. The first kappa shape index (κ1) is 25.1. The highest BCUT2D eigenvalue weighted by atomic mass is 32.1. The highest BCUT2D eigenvalue weighted by Gasteiger charge is 2.30. The molecule has 4 heterocycles. The zero-order valence-electron chi connectivity index (χ0n) is 19.6. The molecule has 0 radical (unpaired) electrons. The van der Waals surface area contributed by atoms with Crippen molar-refractivity contribution in [3.8, 4) is 18.1 Å². The summed E-state index contributed by atoms with van der Waals surface area (Å²) in [7, 11) is 0. The fourth-order valence-corrected chi connectivity index (χ4v) is 5.44. The first-order valence-corrected chi connectivity index (χ1v) is 12.6. The molecule has 37 heavy (non-hydrogen) atoms. The lowest BCUT2D eigenvalue weighted by Crippen LogP contribution is -2.43. The van der Waals surface area contributed by atoms with Crippen molar-refractivity contribution in [2.75, 3.05) is 24.7 Å². The third kappa shape index (κ3) is 5.41. The van der Waals surface area contributed by atoms with Crippen LogP contribution < -0.4 is 9.75 Å². The van der Waals surface area contributed by atoms with E-state index in [1.807, 2.05) is 29.6 Å². The maximum atomic E-state index is 13.4. The Hall–Kier alpha value is -3.59. The van der Waals surface area contributed by atoms with E-state index in [1.54, 1.807) is 5.01 Å². The lowest BCUT2D eigenvalue weighted by molar-refractivity contribution is 0.0855. The predicted octanol–water partition coefficient (Wildman–Crippen LogP) is 5.61. The number of hydrogen-bond acceptors (Lipinski definition) is 7. The van der Waals surface area contributed by atoms with Gasteiger partial charge in [0.1, 0.15) is 29.5 Å². The summed E-state index contributed by atoms with van der Waals surface area (Å²) in [5.41, 5.74) is 1.25. The summed E-state index contributed by atoms with van der Waals surface area (Å²) < 4.78 is 58.3. The molecule has 1 unspecified atom stereocenters. The van der Waals surface area contributed by atoms with Gasteiger partial charge in [-0.1, -0.05) is 23.2 Å². The Balaban J connectivity index is 1.20. The Bertz CT molecular complexity index is 1310. The van der Waals surface area contributed by atoms with E-state index >= 15 is 0 Å². The molecular weight excluding hydrogens is 510 g/mol. The standard InChI is InChI=1S/C25H23F4N5O2S/c1-2-10-35-17-5-3-4-16(11-17)22-13-18(32-36-22)20-14-37-25(30-20)15-6-8-33(9-7-15)34-21(24(28)29)12-19(31-34)23(26)27/h1,3-5,11-12,14-15,22-24H,6-10,13H2. The number of aromatic nitrogens is 3. The third-order valence-electron chi connectivity index (χ3n) is 6.31. The van der Waals surface area contributed by atoms with E-state index in [9.17, 15) is 17.6 Å². The van der Waals surface area contributed by atoms with Gasteiger partial charge < -0.3 is 9.57 Å². The number of hydrogen-bond donors (Lipinski definition) is 0. The van der Waals surface area contributed by atoms with Gasteiger partial charge in [-0.2, -0.15) is 9.89 Å². The number of alkyl halides is 4. The van der Waals surface area contributed by atoms with Crippen LogP contribution in [0.1, 0.15) is 71.8 Å². The Labute approximate surface area is 214 Å². The minimum atomic E-state index is -2.90. The molecule has 2 aromatic heterocycles. The Morgan fingerprint density at radius 2 is 1.97 bits per heavy atom. The number of rotatable bonds is 8. The van der Waals surface area contributed by atoms with Gasteiger partial charge in [-0.05, 0) is 36.6 Å². The van der Waals surface area contributed by atoms with Gasteiger partial charge in [-0.3, -0.25) is 5.01 Å². The molecule has 0 bridgehead atoms. The van der Waals surface area contributed by atoms with Crippen molar-refractivity contribution < 1.29 is 27.1 Å². The lowest BCUT2D eigenvalue weighted by Gasteiger charge is -2.33. The fraction of sp³-hybridized carbons (Fsp3) is 0.400. The normalized spacial score (nSPS) is 18.2. The van der Waals surface area contributed by atoms with Crippen LogP contribution in [-0.2, 0) is 4.84 Å². The molecule has 5 rings (SSSR count). The maximum absolute atomic E-state index is 13.4. The number of piperidine rings is 1. The molecule has 1 saturated heterocycles. The van der Waals surface area contributed by atoms with Crippen LogP contribution in [0.5, 0.6) is 5.75 Å². The molecule has 0 N–H and O–H groups in total. The van der Waals surface area contributed by atoms with Crippen molar-refractivity contribution in [2.24, 2.45) is 5.16 Å². The molecule has 2 aliphatic rings. The van der Waals surface area contributed by atoms with Crippen LogP contribution in [-0.4, -0.2) is 40.3 Å². The van der Waals surface area contributed by atoms with Crippen LogP contribution in [0.3, 0.4) is 0 Å². The highest BCUT2D eigenvalue weighted by molar-refractivity contribution is 7.10. The second-order valence-corrected chi connectivity index (χ2v) is 9.57. The zero-order chi connectivity index (χ0) is 25.9. The summed E-state index contributed by atoms with van der Waals surface area (Å²) in [5.74, 6) is 3.22. The smallest absolute Gasteiger partial charge is 0.282 e. The number of ether oxygens (including phenoxy) is 1. The van der Waals surface area contributed by atoms with Gasteiger partial charge >= 0.3 is 0 Å². The van der Waals surface area contributed by atoms with Gasteiger partial charge in [0.2, 0.25) is 0 Å². The molecule has 0 amide bonds. The Morgan fingerprint density at radius 1 is 1.16 bits per heavy atom. The second-order valence-electron chi connectivity index (χ2n) is 8.69. The van der Waals surface area contributed by atoms with Crippen LogP contribution in [0.25, 0.3) is 0 Å². The number of halogens is 4. The van der Waals surface area contributed by atoms with Crippen LogP contribution >= 0.6 is 11.3 Å². The van der Waals surface area contributed by atoms with E-state index in [-0.39, 0.29) is 18.6 Å². The average Bonchev–Trinajstić information content (AvgIpc) is 3.67. The molecule has 0 spiro atoms. The molecule has 1 fully saturated rings. The molecule has 3 aromatic rings. The largest absolute Gasteiger partial charge is 0.481 e. The minimum absolute atomic E-state index is 0.124. The highest BCUT2D eigenvalue weighted by Crippen LogP contribution is 2.35. The Morgan fingerprint density at radius 3 is 2.70 bits per heavy atom. The third-order valence-corrected chi connectivity index (χ3v) is 7.32. The number of nitrogens with zero attached hydrogens (tertiary/aromatic N) is 5. The van der Waals surface area contributed by atoms with E-state index in [1.165, 1.54) is 11.3 Å². The van der Waals surface area contributed by atoms with Gasteiger partial charge in [-0.15, -0.1) is 17.8 Å². The summed E-state index contributed by atoms with van der Waals surface area (Å²) in [6.45, 7) is 0.977. The van der Waals surface area contributed by atoms with E-state index in [2.05, 4.69) is 16.2 Å². The summed E-state index contributed by atoms with van der Waals surface area (Å²) in [6.07, 6.45) is 1.03. The Kier molecular flexibility index (Phi) is 7.32. The maximum Gasteiger partial charge on any atom is 0.282 e. The summed E-state index contributed by atoms with van der Waals surface area (Å²) in [6, 6.07) is 8.29. The summed E-state index contributed by atoms with van der Waals surface area (Å²) in [4.78, 5) is 11.4. The average molecular weight is 534 g/mol. The predicted molar refractivity (Wildman–Crippen MR) is 130 cm³/mol. The number of benzene rings is 1. The van der Waals surface area contributed by atoms with E-state index < -0.39 is 24.2 Å². The van der Waals surface area contributed by atoms with Crippen LogP contribution in [0.2, 0.25) is 0 Å². The van der Waals surface area contributed by atoms with Crippen molar-refractivity contribution in [2.45, 2.75) is 44.1 Å². The van der Waals surface area contributed by atoms with Crippen molar-refractivity contribution in [1.29, 1.82) is 0 Å². The van der Waals surface area contributed by atoms with E-state index in [0.29, 0.717) is 38.1 Å². The molecule has 1 aromatic carbocycles. The van der Waals surface area contributed by atoms with E-state index in [4.69, 9.17) is 21.0 Å². The summed E-state index contributed by atoms with van der Waals surface area (Å²) >= 11 is 1.52. The number of thiazole rings is 1. The van der Waals surface area contributed by atoms with Crippen molar-refractivity contribution in [1.82, 2.24) is 14.9 Å². The molecular formula is C25H23F4N5O2S. The topological polar surface area (TPSA) is 64.8 Å². The minimum Gasteiger partial charge on any atom is -0.481 e. The van der Waals surface area contributed by atoms with Gasteiger partial charge in [0.05, 0.1) is 10.7 Å². The zero-order valence-corrected chi connectivity index (χ0v) is 20.4.